The lowest BCUT2D eigenvalue weighted by Crippen LogP contribution is -2.47. The minimum atomic E-state index is -0.483. The van der Waals surface area contributed by atoms with Crippen LogP contribution in [-0.4, -0.2) is 52.9 Å². The van der Waals surface area contributed by atoms with E-state index < -0.39 is 5.79 Å². The van der Waals surface area contributed by atoms with Crippen LogP contribution in [-0.2, 0) is 9.47 Å². The van der Waals surface area contributed by atoms with Crippen molar-refractivity contribution in [3.05, 3.63) is 60.4 Å². The zero-order valence-electron chi connectivity index (χ0n) is 16.0. The van der Waals surface area contributed by atoms with Crippen molar-refractivity contribution in [1.82, 2.24) is 14.9 Å². The summed E-state index contributed by atoms with van der Waals surface area (Å²) in [5, 5.41) is 4.35. The third-order valence-electron chi connectivity index (χ3n) is 5.53. The number of benzene rings is 1. The van der Waals surface area contributed by atoms with Gasteiger partial charge in [0.05, 0.1) is 24.4 Å². The summed E-state index contributed by atoms with van der Waals surface area (Å²) in [4.78, 5) is 23.7. The Morgan fingerprint density at radius 3 is 2.62 bits per heavy atom. The number of rotatable bonds is 3. The molecule has 1 N–H and O–H groups in total. The normalized spacial score (nSPS) is 18.3. The second-order valence-electron chi connectivity index (χ2n) is 7.34. The molecule has 2 aliphatic heterocycles. The molecule has 2 aromatic heterocycles. The van der Waals surface area contributed by atoms with Crippen LogP contribution in [0.3, 0.4) is 0 Å². The SMILES string of the molecule is O=C(c1ccnc(Nc2cccc3cccnc23)c1)N1CCC2(CC1)OCCO2. The van der Waals surface area contributed by atoms with Gasteiger partial charge in [-0.3, -0.25) is 9.78 Å². The largest absolute Gasteiger partial charge is 0.347 e. The van der Waals surface area contributed by atoms with Crippen LogP contribution in [0.2, 0.25) is 0 Å². The fourth-order valence-electron chi connectivity index (χ4n) is 3.99. The maximum absolute atomic E-state index is 13.0. The van der Waals surface area contributed by atoms with Gasteiger partial charge >= 0.3 is 0 Å². The lowest BCUT2D eigenvalue weighted by molar-refractivity contribution is -0.181. The number of para-hydroxylation sites is 1. The van der Waals surface area contributed by atoms with Gasteiger partial charge in [0.1, 0.15) is 5.82 Å². The Balaban J connectivity index is 1.32. The molecule has 0 atom stereocenters. The molecule has 3 aromatic rings. The van der Waals surface area contributed by atoms with Crippen LogP contribution in [0.5, 0.6) is 0 Å². The molecule has 1 amide bonds. The maximum Gasteiger partial charge on any atom is 0.254 e. The molecule has 0 radical (unpaired) electrons. The average Bonchev–Trinajstić information content (AvgIpc) is 3.22. The third kappa shape index (κ3) is 3.54. The Hall–Kier alpha value is -3.03. The summed E-state index contributed by atoms with van der Waals surface area (Å²) in [6.07, 6.45) is 4.83. The number of likely N-dealkylation sites (tertiary alicyclic amines) is 1. The number of ether oxygens (including phenoxy) is 2. The van der Waals surface area contributed by atoms with Crippen LogP contribution in [0.15, 0.2) is 54.9 Å². The molecule has 1 aromatic carbocycles. The number of nitrogens with one attached hydrogen (secondary N) is 1. The Bertz CT molecular complexity index is 1030. The maximum atomic E-state index is 13.0. The molecule has 0 saturated carbocycles. The summed E-state index contributed by atoms with van der Waals surface area (Å²) >= 11 is 0. The van der Waals surface area contributed by atoms with E-state index in [1.54, 1.807) is 24.5 Å². The minimum absolute atomic E-state index is 0.000610. The van der Waals surface area contributed by atoms with Crippen molar-refractivity contribution in [2.45, 2.75) is 18.6 Å². The minimum Gasteiger partial charge on any atom is -0.347 e. The lowest BCUT2D eigenvalue weighted by atomic mass is 10.0. The molecule has 2 fully saturated rings. The summed E-state index contributed by atoms with van der Waals surface area (Å²) in [5.41, 5.74) is 2.34. The fraction of sp³-hybridized carbons (Fsp3) is 0.318. The summed E-state index contributed by atoms with van der Waals surface area (Å²) in [7, 11) is 0. The number of carbonyl (C=O) groups excluding carboxylic acids is 1. The van der Waals surface area contributed by atoms with Gasteiger partial charge in [0.15, 0.2) is 5.79 Å². The number of pyridine rings is 2. The van der Waals surface area contributed by atoms with Gasteiger partial charge < -0.3 is 19.7 Å². The number of anilines is 2. The van der Waals surface area contributed by atoms with E-state index in [9.17, 15) is 4.79 Å². The Morgan fingerprint density at radius 1 is 1.00 bits per heavy atom. The summed E-state index contributed by atoms with van der Waals surface area (Å²) in [6.45, 7) is 2.51. The van der Waals surface area contributed by atoms with Crippen molar-refractivity contribution in [1.29, 1.82) is 0 Å². The van der Waals surface area contributed by atoms with Crippen LogP contribution >= 0.6 is 0 Å². The highest BCUT2D eigenvalue weighted by molar-refractivity contribution is 5.96. The van der Waals surface area contributed by atoms with Crippen LogP contribution in [0.25, 0.3) is 10.9 Å². The predicted octanol–water partition coefficient (Wildman–Crippen LogP) is 3.35. The molecule has 29 heavy (non-hydrogen) atoms. The molecule has 5 rings (SSSR count). The number of aromatic nitrogens is 2. The molecule has 1 spiro atoms. The Morgan fingerprint density at radius 2 is 1.79 bits per heavy atom. The predicted molar refractivity (Wildman–Crippen MR) is 109 cm³/mol. The van der Waals surface area contributed by atoms with Crippen LogP contribution in [0.4, 0.5) is 11.5 Å². The van der Waals surface area contributed by atoms with E-state index in [2.05, 4.69) is 15.3 Å². The standard InChI is InChI=1S/C22H22N4O3/c27-21(26-11-7-22(8-12-26)28-13-14-29-22)17-6-10-23-19(15-17)25-18-5-1-3-16-4-2-9-24-20(16)18/h1-6,9-10,15H,7-8,11-14H2,(H,23,25). The van der Waals surface area contributed by atoms with E-state index in [-0.39, 0.29) is 5.91 Å². The summed E-state index contributed by atoms with van der Waals surface area (Å²) in [6, 6.07) is 13.4. The molecule has 4 heterocycles. The molecule has 7 nitrogen and oxygen atoms in total. The van der Waals surface area contributed by atoms with Crippen LogP contribution in [0.1, 0.15) is 23.2 Å². The van der Waals surface area contributed by atoms with Crippen molar-refractivity contribution in [2.24, 2.45) is 0 Å². The van der Waals surface area contributed by atoms with Gasteiger partial charge in [-0.1, -0.05) is 18.2 Å². The first-order valence-electron chi connectivity index (χ1n) is 9.87. The van der Waals surface area contributed by atoms with E-state index in [0.717, 1.165) is 16.6 Å². The highest BCUT2D eigenvalue weighted by atomic mass is 16.7. The third-order valence-corrected chi connectivity index (χ3v) is 5.53. The van der Waals surface area contributed by atoms with Gasteiger partial charge in [0, 0.05) is 49.3 Å². The highest BCUT2D eigenvalue weighted by Gasteiger charge is 2.40. The first-order chi connectivity index (χ1) is 14.2. The van der Waals surface area contributed by atoms with Gasteiger partial charge in [0.25, 0.3) is 5.91 Å². The number of nitrogens with zero attached hydrogens (tertiary/aromatic N) is 3. The Kier molecular flexibility index (Phi) is 4.61. The molecule has 0 unspecified atom stereocenters. The van der Waals surface area contributed by atoms with Crippen molar-refractivity contribution < 1.29 is 14.3 Å². The number of amides is 1. The number of piperidine rings is 1. The molecule has 2 aliphatic rings. The molecular weight excluding hydrogens is 368 g/mol. The van der Waals surface area contributed by atoms with Gasteiger partial charge in [-0.15, -0.1) is 0 Å². The van der Waals surface area contributed by atoms with E-state index in [1.807, 2.05) is 35.2 Å². The number of hydrogen-bond acceptors (Lipinski definition) is 6. The molecular formula is C22H22N4O3. The zero-order valence-corrected chi connectivity index (χ0v) is 16.0. The fourth-order valence-corrected chi connectivity index (χ4v) is 3.99. The average molecular weight is 390 g/mol. The molecule has 0 aliphatic carbocycles. The van der Waals surface area contributed by atoms with Crippen molar-refractivity contribution in [2.75, 3.05) is 31.6 Å². The molecule has 0 bridgehead atoms. The monoisotopic (exact) mass is 390 g/mol. The topological polar surface area (TPSA) is 76.6 Å². The smallest absolute Gasteiger partial charge is 0.254 e. The molecule has 2 saturated heterocycles. The second kappa shape index (κ2) is 7.42. The Labute approximate surface area is 168 Å². The van der Waals surface area contributed by atoms with Crippen LogP contribution < -0.4 is 5.32 Å². The van der Waals surface area contributed by atoms with Crippen molar-refractivity contribution in [3.8, 4) is 0 Å². The van der Waals surface area contributed by atoms with Gasteiger partial charge in [-0.05, 0) is 24.3 Å². The number of hydrogen-bond donors (Lipinski definition) is 1. The van der Waals surface area contributed by atoms with Crippen molar-refractivity contribution in [3.63, 3.8) is 0 Å². The first-order valence-corrected chi connectivity index (χ1v) is 9.87. The van der Waals surface area contributed by atoms with Gasteiger partial charge in [-0.2, -0.15) is 0 Å². The van der Waals surface area contributed by atoms with E-state index in [4.69, 9.17) is 9.47 Å². The van der Waals surface area contributed by atoms with E-state index in [1.165, 1.54) is 0 Å². The molecule has 7 heteroatoms. The quantitative estimate of drug-likeness (QED) is 0.739. The van der Waals surface area contributed by atoms with Gasteiger partial charge in [0.2, 0.25) is 0 Å². The van der Waals surface area contributed by atoms with Gasteiger partial charge in [-0.25, -0.2) is 4.98 Å². The zero-order chi connectivity index (χ0) is 19.7. The second-order valence-corrected chi connectivity index (χ2v) is 7.34. The molecule has 148 valence electrons. The highest BCUT2D eigenvalue weighted by Crippen LogP contribution is 2.32. The van der Waals surface area contributed by atoms with Crippen LogP contribution in [0, 0.1) is 0 Å². The number of carbonyl (C=O) groups is 1. The summed E-state index contributed by atoms with van der Waals surface area (Å²) in [5.74, 6) is 0.132. The first kappa shape index (κ1) is 18.0. The summed E-state index contributed by atoms with van der Waals surface area (Å²) < 4.78 is 11.5. The van der Waals surface area contributed by atoms with E-state index >= 15 is 0 Å². The lowest BCUT2D eigenvalue weighted by Gasteiger charge is -2.37. The number of fused-ring (bicyclic) bond motifs is 1. The van der Waals surface area contributed by atoms with E-state index in [0.29, 0.717) is 50.5 Å². The van der Waals surface area contributed by atoms with Crippen molar-refractivity contribution >= 4 is 28.3 Å².